The van der Waals surface area contributed by atoms with Gasteiger partial charge in [0.2, 0.25) is 0 Å². The second-order valence-corrected chi connectivity index (χ2v) is 7.62. The van der Waals surface area contributed by atoms with Gasteiger partial charge >= 0.3 is 0 Å². The number of aromatic nitrogens is 1. The van der Waals surface area contributed by atoms with Gasteiger partial charge in [-0.2, -0.15) is 0 Å². The van der Waals surface area contributed by atoms with E-state index in [1.165, 1.54) is 45.0 Å². The first-order valence-electron chi connectivity index (χ1n) is 10.2. The van der Waals surface area contributed by atoms with Gasteiger partial charge in [0.25, 0.3) is 0 Å². The Kier molecular flexibility index (Phi) is 9.70. The van der Waals surface area contributed by atoms with Gasteiger partial charge in [0.15, 0.2) is 17.6 Å². The van der Waals surface area contributed by atoms with Gasteiger partial charge in [-0.1, -0.05) is 6.92 Å². The summed E-state index contributed by atoms with van der Waals surface area (Å²) in [6.07, 6.45) is 6.33. The summed E-state index contributed by atoms with van der Waals surface area (Å²) in [7, 11) is 1.81. The summed E-state index contributed by atoms with van der Waals surface area (Å²) in [5, 5.41) is 6.98. The molecule has 0 radical (unpaired) electrons. The van der Waals surface area contributed by atoms with E-state index in [0.29, 0.717) is 11.7 Å². The van der Waals surface area contributed by atoms with Crippen molar-refractivity contribution >= 4 is 35.8 Å². The number of likely N-dealkylation sites (tertiary alicyclic amines) is 1. The van der Waals surface area contributed by atoms with E-state index in [4.69, 9.17) is 0 Å². The van der Waals surface area contributed by atoms with Gasteiger partial charge in [-0.25, -0.2) is 9.37 Å². The molecule has 2 saturated heterocycles. The molecular weight excluding hydrogens is 470 g/mol. The van der Waals surface area contributed by atoms with Crippen LogP contribution >= 0.6 is 24.0 Å². The van der Waals surface area contributed by atoms with E-state index in [-0.39, 0.29) is 35.8 Å². The number of pyridine rings is 1. The first-order valence-corrected chi connectivity index (χ1v) is 10.2. The second-order valence-electron chi connectivity index (χ2n) is 7.62. The van der Waals surface area contributed by atoms with Gasteiger partial charge in [0, 0.05) is 38.9 Å². The smallest absolute Gasteiger partial charge is 0.191 e. The van der Waals surface area contributed by atoms with Crippen molar-refractivity contribution in [3.63, 3.8) is 0 Å². The Morgan fingerprint density at radius 3 is 2.75 bits per heavy atom. The molecule has 0 bridgehead atoms. The molecule has 2 N–H and O–H groups in total. The highest BCUT2D eigenvalue weighted by Crippen LogP contribution is 2.21. The second kappa shape index (κ2) is 11.7. The van der Waals surface area contributed by atoms with Gasteiger partial charge in [-0.05, 0) is 63.4 Å². The minimum atomic E-state index is -0.255. The molecule has 0 aromatic carbocycles. The SMILES string of the molecule is CCCN1CCC(CNC(=NC)NC2CCN(c3ncccc3F)C2)CC1.I. The van der Waals surface area contributed by atoms with E-state index in [2.05, 4.69) is 32.4 Å². The number of piperidine rings is 1. The van der Waals surface area contributed by atoms with Crippen LogP contribution in [0.1, 0.15) is 32.6 Å². The molecule has 2 fully saturated rings. The van der Waals surface area contributed by atoms with E-state index in [9.17, 15) is 4.39 Å². The molecule has 158 valence electrons. The van der Waals surface area contributed by atoms with Crippen molar-refractivity contribution in [3.8, 4) is 0 Å². The number of hydrogen-bond donors (Lipinski definition) is 2. The molecule has 3 heterocycles. The fourth-order valence-corrected chi connectivity index (χ4v) is 4.04. The maximum absolute atomic E-state index is 13.9. The summed E-state index contributed by atoms with van der Waals surface area (Å²) in [4.78, 5) is 13.1. The fraction of sp³-hybridized carbons (Fsp3) is 0.700. The average molecular weight is 504 g/mol. The van der Waals surface area contributed by atoms with Crippen LogP contribution in [-0.4, -0.2) is 68.2 Å². The lowest BCUT2D eigenvalue weighted by Crippen LogP contribution is -2.47. The lowest BCUT2D eigenvalue weighted by atomic mass is 9.97. The summed E-state index contributed by atoms with van der Waals surface area (Å²) >= 11 is 0. The van der Waals surface area contributed by atoms with Crippen LogP contribution in [0.15, 0.2) is 23.3 Å². The number of guanidine groups is 1. The van der Waals surface area contributed by atoms with Crippen LogP contribution < -0.4 is 15.5 Å². The van der Waals surface area contributed by atoms with E-state index in [1.807, 2.05) is 11.9 Å². The first-order chi connectivity index (χ1) is 13.2. The van der Waals surface area contributed by atoms with Crippen LogP contribution in [0.25, 0.3) is 0 Å². The normalized spacial score (nSPS) is 21.5. The molecule has 6 nitrogen and oxygen atoms in total. The molecule has 2 aliphatic heterocycles. The van der Waals surface area contributed by atoms with Crippen molar-refractivity contribution in [2.45, 2.75) is 38.6 Å². The van der Waals surface area contributed by atoms with Gasteiger partial charge < -0.3 is 20.4 Å². The fourth-order valence-electron chi connectivity index (χ4n) is 4.04. The molecule has 3 rings (SSSR count). The maximum Gasteiger partial charge on any atom is 0.191 e. The van der Waals surface area contributed by atoms with Crippen molar-refractivity contribution in [3.05, 3.63) is 24.1 Å². The number of nitrogens with zero attached hydrogens (tertiary/aromatic N) is 4. The summed E-state index contributed by atoms with van der Waals surface area (Å²) in [6, 6.07) is 3.35. The predicted octanol–water partition coefficient (Wildman–Crippen LogP) is 2.70. The zero-order valence-corrected chi connectivity index (χ0v) is 19.4. The quantitative estimate of drug-likeness (QED) is 0.355. The summed E-state index contributed by atoms with van der Waals surface area (Å²) in [6.45, 7) is 8.39. The van der Waals surface area contributed by atoms with E-state index in [0.717, 1.165) is 32.0 Å². The number of rotatable bonds is 6. The number of hydrogen-bond acceptors (Lipinski definition) is 4. The number of nitrogens with one attached hydrogen (secondary N) is 2. The first kappa shape index (κ1) is 23.1. The molecule has 0 saturated carbocycles. The van der Waals surface area contributed by atoms with Gasteiger partial charge in [0.1, 0.15) is 0 Å². The van der Waals surface area contributed by atoms with Gasteiger partial charge in [0.05, 0.1) is 0 Å². The van der Waals surface area contributed by atoms with Crippen LogP contribution in [0.3, 0.4) is 0 Å². The Morgan fingerprint density at radius 1 is 1.29 bits per heavy atom. The van der Waals surface area contributed by atoms with Crippen molar-refractivity contribution in [2.24, 2.45) is 10.9 Å². The highest BCUT2D eigenvalue weighted by molar-refractivity contribution is 14.0. The Balaban J connectivity index is 0.00000280. The molecule has 0 spiro atoms. The lowest BCUT2D eigenvalue weighted by molar-refractivity contribution is 0.185. The number of halogens is 2. The minimum Gasteiger partial charge on any atom is -0.356 e. The van der Waals surface area contributed by atoms with Crippen molar-refractivity contribution < 1.29 is 4.39 Å². The molecule has 1 aromatic heterocycles. The highest BCUT2D eigenvalue weighted by Gasteiger charge is 2.26. The molecule has 1 atom stereocenters. The van der Waals surface area contributed by atoms with Crippen LogP contribution in [-0.2, 0) is 0 Å². The third-order valence-electron chi connectivity index (χ3n) is 5.60. The molecular formula is C20H34FIN6. The van der Waals surface area contributed by atoms with Gasteiger partial charge in [-0.15, -0.1) is 24.0 Å². The zero-order valence-electron chi connectivity index (χ0n) is 17.0. The van der Waals surface area contributed by atoms with Crippen molar-refractivity contribution in [1.82, 2.24) is 20.5 Å². The molecule has 8 heteroatoms. The van der Waals surface area contributed by atoms with Crippen LogP contribution in [0.4, 0.5) is 10.2 Å². The average Bonchev–Trinajstić information content (AvgIpc) is 3.15. The number of aliphatic imine (C=N–C) groups is 1. The highest BCUT2D eigenvalue weighted by atomic mass is 127. The molecule has 0 amide bonds. The Morgan fingerprint density at radius 2 is 2.07 bits per heavy atom. The summed E-state index contributed by atoms with van der Waals surface area (Å²) in [5.74, 6) is 1.75. The Labute approximate surface area is 185 Å². The molecule has 1 aromatic rings. The molecule has 0 aliphatic carbocycles. The van der Waals surface area contributed by atoms with Crippen LogP contribution in [0.5, 0.6) is 0 Å². The van der Waals surface area contributed by atoms with E-state index < -0.39 is 0 Å². The zero-order chi connectivity index (χ0) is 19.1. The third kappa shape index (κ3) is 6.43. The van der Waals surface area contributed by atoms with E-state index >= 15 is 0 Å². The minimum absolute atomic E-state index is 0. The summed E-state index contributed by atoms with van der Waals surface area (Å²) < 4.78 is 13.9. The van der Waals surface area contributed by atoms with Crippen molar-refractivity contribution in [2.75, 3.05) is 51.2 Å². The largest absolute Gasteiger partial charge is 0.356 e. The maximum atomic E-state index is 13.9. The molecule has 2 aliphatic rings. The Bertz CT molecular complexity index is 620. The van der Waals surface area contributed by atoms with Crippen molar-refractivity contribution in [1.29, 1.82) is 0 Å². The number of anilines is 1. The standard InChI is InChI=1S/C20H33FN6.HI/c1-3-10-26-11-6-16(7-12-26)14-24-20(22-2)25-17-8-13-27(15-17)19-18(21)5-4-9-23-19;/h4-5,9,16-17H,3,6-8,10-15H2,1-2H3,(H2,22,24,25);1H. The predicted molar refractivity (Wildman–Crippen MR) is 124 cm³/mol. The topological polar surface area (TPSA) is 55.8 Å². The van der Waals surface area contributed by atoms with Gasteiger partial charge in [-0.3, -0.25) is 4.99 Å². The molecule has 1 unspecified atom stereocenters. The monoisotopic (exact) mass is 504 g/mol. The lowest BCUT2D eigenvalue weighted by Gasteiger charge is -2.32. The Hall–Kier alpha value is -1.16. The van der Waals surface area contributed by atoms with Crippen LogP contribution in [0, 0.1) is 11.7 Å². The third-order valence-corrected chi connectivity index (χ3v) is 5.60. The molecule has 28 heavy (non-hydrogen) atoms. The van der Waals surface area contributed by atoms with E-state index in [1.54, 1.807) is 12.3 Å². The summed E-state index contributed by atoms with van der Waals surface area (Å²) in [5.41, 5.74) is 0. The van der Waals surface area contributed by atoms with Crippen LogP contribution in [0.2, 0.25) is 0 Å².